The lowest BCUT2D eigenvalue weighted by molar-refractivity contribution is 0.0946. The molecule has 0 aliphatic rings. The summed E-state index contributed by atoms with van der Waals surface area (Å²) in [5, 5.41) is 23.4. The minimum atomic E-state index is -0.291. The molecule has 0 saturated carbocycles. The molecular weight excluding hydrogens is 482 g/mol. The molecule has 0 bridgehead atoms. The molecule has 0 fully saturated rings. The van der Waals surface area contributed by atoms with Gasteiger partial charge in [-0.15, -0.1) is 0 Å². The highest BCUT2D eigenvalue weighted by Crippen LogP contribution is 2.17. The van der Waals surface area contributed by atoms with Crippen molar-refractivity contribution in [1.82, 2.24) is 45.2 Å². The summed E-state index contributed by atoms with van der Waals surface area (Å²) < 4.78 is 1.65. The number of nitrogens with zero attached hydrogens (tertiary/aromatic N) is 7. The molecule has 11 heteroatoms. The van der Waals surface area contributed by atoms with Gasteiger partial charge in [0.1, 0.15) is 5.69 Å². The molecule has 0 saturated heterocycles. The summed E-state index contributed by atoms with van der Waals surface area (Å²) in [7, 11) is 0. The Labute approximate surface area is 219 Å². The van der Waals surface area contributed by atoms with Crippen LogP contribution in [0.25, 0.3) is 17.2 Å². The number of H-pyrrole nitrogens is 1. The van der Waals surface area contributed by atoms with Crippen molar-refractivity contribution in [2.45, 2.75) is 33.2 Å². The molecular formula is C27H27N9O2. The van der Waals surface area contributed by atoms with E-state index in [4.69, 9.17) is 5.11 Å². The Kier molecular flexibility index (Phi) is 7.27. The van der Waals surface area contributed by atoms with Gasteiger partial charge in [0.05, 0.1) is 17.6 Å². The van der Waals surface area contributed by atoms with Gasteiger partial charge in [0, 0.05) is 55.1 Å². The van der Waals surface area contributed by atoms with Crippen molar-refractivity contribution in [3.05, 3.63) is 101 Å². The quantitative estimate of drug-likeness (QED) is 0.275. The molecule has 0 aromatic carbocycles. The van der Waals surface area contributed by atoms with Gasteiger partial charge in [0.2, 0.25) is 0 Å². The van der Waals surface area contributed by atoms with Crippen molar-refractivity contribution in [2.75, 3.05) is 6.61 Å². The van der Waals surface area contributed by atoms with Gasteiger partial charge < -0.3 is 10.4 Å². The normalized spacial score (nSPS) is 11.0. The highest BCUT2D eigenvalue weighted by atomic mass is 16.3. The molecule has 5 rings (SSSR count). The number of amides is 1. The highest BCUT2D eigenvalue weighted by Gasteiger charge is 2.11. The Hall–Kier alpha value is -4.77. The zero-order valence-corrected chi connectivity index (χ0v) is 21.1. The average molecular weight is 510 g/mol. The molecule has 0 aliphatic carbocycles. The van der Waals surface area contributed by atoms with E-state index in [0.29, 0.717) is 36.7 Å². The first-order chi connectivity index (χ1) is 18.5. The van der Waals surface area contributed by atoms with Gasteiger partial charge in [-0.05, 0) is 61.7 Å². The van der Waals surface area contributed by atoms with Crippen molar-refractivity contribution >= 4 is 5.91 Å². The van der Waals surface area contributed by atoms with Gasteiger partial charge in [-0.25, -0.2) is 19.6 Å². The van der Waals surface area contributed by atoms with Crippen molar-refractivity contribution in [1.29, 1.82) is 0 Å². The van der Waals surface area contributed by atoms with Crippen LogP contribution in [0.4, 0.5) is 0 Å². The minimum absolute atomic E-state index is 0.0718. The number of carbonyl (C=O) groups is 1. The predicted octanol–water partition coefficient (Wildman–Crippen LogP) is 2.51. The third kappa shape index (κ3) is 5.95. The molecule has 1 amide bonds. The van der Waals surface area contributed by atoms with Gasteiger partial charge in [0.15, 0.2) is 11.6 Å². The van der Waals surface area contributed by atoms with Crippen LogP contribution < -0.4 is 5.32 Å². The Bertz CT molecular complexity index is 1540. The predicted molar refractivity (Wildman–Crippen MR) is 139 cm³/mol. The van der Waals surface area contributed by atoms with Crippen LogP contribution in [-0.2, 0) is 19.4 Å². The Balaban J connectivity index is 1.20. The second-order valence-electron chi connectivity index (χ2n) is 8.95. The Morgan fingerprint density at radius 2 is 1.89 bits per heavy atom. The number of pyridine rings is 2. The summed E-state index contributed by atoms with van der Waals surface area (Å²) in [6, 6.07) is 11.1. The van der Waals surface area contributed by atoms with Gasteiger partial charge in [-0.1, -0.05) is 6.07 Å². The van der Waals surface area contributed by atoms with E-state index in [1.165, 1.54) is 0 Å². The first-order valence-electron chi connectivity index (χ1n) is 12.2. The number of aryl methyl sites for hydroxylation is 2. The molecule has 11 nitrogen and oxygen atoms in total. The maximum atomic E-state index is 12.7. The zero-order valence-electron chi connectivity index (χ0n) is 21.1. The van der Waals surface area contributed by atoms with Crippen molar-refractivity contribution < 1.29 is 9.90 Å². The van der Waals surface area contributed by atoms with Crippen LogP contribution in [0.2, 0.25) is 0 Å². The number of aliphatic hydroxyl groups is 1. The summed E-state index contributed by atoms with van der Waals surface area (Å²) in [6.45, 7) is 4.26. The number of aliphatic hydroxyl groups excluding tert-OH is 1. The summed E-state index contributed by atoms with van der Waals surface area (Å²) in [5.41, 5.74) is 6.42. The van der Waals surface area contributed by atoms with Gasteiger partial charge in [0.25, 0.3) is 5.91 Å². The fraction of sp³-hybridized carbons (Fsp3) is 0.222. The van der Waals surface area contributed by atoms with E-state index in [1.54, 1.807) is 35.4 Å². The SMILES string of the molecule is Cc1cc(Cc2cc(C)[nH]n2)nc(-c2ccc(C(=O)NCc3ccc(-n4cc(CCO)cn4)nc3)nc2)n1. The molecule has 0 aliphatic heterocycles. The van der Waals surface area contributed by atoms with Crippen LogP contribution in [-0.4, -0.2) is 57.5 Å². The van der Waals surface area contributed by atoms with E-state index in [0.717, 1.165) is 39.5 Å². The monoisotopic (exact) mass is 509 g/mol. The molecule has 3 N–H and O–H groups in total. The van der Waals surface area contributed by atoms with Crippen LogP contribution in [0.3, 0.4) is 0 Å². The molecule has 5 aromatic rings. The topological polar surface area (TPSA) is 147 Å². The Morgan fingerprint density at radius 1 is 1.00 bits per heavy atom. The van der Waals surface area contributed by atoms with Crippen LogP contribution >= 0.6 is 0 Å². The lowest BCUT2D eigenvalue weighted by atomic mass is 10.2. The smallest absolute Gasteiger partial charge is 0.270 e. The van der Waals surface area contributed by atoms with Crippen molar-refractivity contribution in [2.24, 2.45) is 0 Å². The summed E-state index contributed by atoms with van der Waals surface area (Å²) >= 11 is 0. The number of aromatic nitrogens is 8. The lowest BCUT2D eigenvalue weighted by Gasteiger charge is -2.08. The number of aromatic amines is 1. The standard InChI is InChI=1S/C27H27N9O2/c1-17-9-22(11-23-10-18(2)34-35-23)33-26(32-17)21-4-5-24(28-15-21)27(38)30-13-19-3-6-25(29-12-19)36-16-20(7-8-37)14-31-36/h3-6,9-10,12,14-16,37H,7-8,11,13H2,1-2H3,(H,30,38)(H,34,35). The Morgan fingerprint density at radius 3 is 2.61 bits per heavy atom. The highest BCUT2D eigenvalue weighted by molar-refractivity contribution is 5.92. The van der Waals surface area contributed by atoms with Crippen LogP contribution in [0, 0.1) is 13.8 Å². The molecule has 0 atom stereocenters. The molecule has 5 aromatic heterocycles. The largest absolute Gasteiger partial charge is 0.396 e. The fourth-order valence-electron chi connectivity index (χ4n) is 3.94. The van der Waals surface area contributed by atoms with Gasteiger partial charge in [-0.3, -0.25) is 14.9 Å². The number of rotatable bonds is 9. The van der Waals surface area contributed by atoms with Crippen LogP contribution in [0.1, 0.15) is 44.4 Å². The molecule has 0 unspecified atom stereocenters. The first kappa shape index (κ1) is 24.9. The van der Waals surface area contributed by atoms with Gasteiger partial charge >= 0.3 is 0 Å². The van der Waals surface area contributed by atoms with Crippen molar-refractivity contribution in [3.8, 4) is 17.2 Å². The number of carbonyl (C=O) groups excluding carboxylic acids is 1. The summed E-state index contributed by atoms with van der Waals surface area (Å²) in [4.78, 5) is 30.6. The third-order valence-corrected chi connectivity index (χ3v) is 5.82. The number of hydrogen-bond acceptors (Lipinski definition) is 8. The molecule has 5 heterocycles. The van der Waals surface area contributed by atoms with E-state index in [1.807, 2.05) is 44.3 Å². The third-order valence-electron chi connectivity index (χ3n) is 5.82. The van der Waals surface area contributed by atoms with E-state index in [2.05, 4.69) is 40.5 Å². The van der Waals surface area contributed by atoms with E-state index in [9.17, 15) is 4.79 Å². The van der Waals surface area contributed by atoms with Crippen LogP contribution in [0.5, 0.6) is 0 Å². The summed E-state index contributed by atoms with van der Waals surface area (Å²) in [6.07, 6.45) is 7.98. The summed E-state index contributed by atoms with van der Waals surface area (Å²) in [5.74, 6) is 0.919. The maximum Gasteiger partial charge on any atom is 0.270 e. The average Bonchev–Trinajstić information content (AvgIpc) is 3.56. The molecule has 38 heavy (non-hydrogen) atoms. The minimum Gasteiger partial charge on any atom is -0.396 e. The van der Waals surface area contributed by atoms with Crippen molar-refractivity contribution in [3.63, 3.8) is 0 Å². The number of nitrogens with one attached hydrogen (secondary N) is 2. The molecule has 0 radical (unpaired) electrons. The zero-order chi connectivity index (χ0) is 26.5. The fourth-order valence-corrected chi connectivity index (χ4v) is 3.94. The van der Waals surface area contributed by atoms with E-state index in [-0.39, 0.29) is 12.5 Å². The lowest BCUT2D eigenvalue weighted by Crippen LogP contribution is -2.23. The van der Waals surface area contributed by atoms with E-state index >= 15 is 0 Å². The van der Waals surface area contributed by atoms with E-state index < -0.39 is 0 Å². The second kappa shape index (κ2) is 11.1. The van der Waals surface area contributed by atoms with Gasteiger partial charge in [-0.2, -0.15) is 10.2 Å². The molecule has 0 spiro atoms. The maximum absolute atomic E-state index is 12.7. The van der Waals surface area contributed by atoms with Crippen LogP contribution in [0.15, 0.2) is 61.2 Å². The second-order valence-corrected chi connectivity index (χ2v) is 8.95. The number of hydrogen-bond donors (Lipinski definition) is 3. The first-order valence-corrected chi connectivity index (χ1v) is 12.2. The molecule has 192 valence electrons.